The van der Waals surface area contributed by atoms with Gasteiger partial charge >= 0.3 is 11.4 Å². The second kappa shape index (κ2) is 10.3. The van der Waals surface area contributed by atoms with Gasteiger partial charge in [0.2, 0.25) is 0 Å². The number of nitrogens with zero attached hydrogens (tertiary/aromatic N) is 5. The first kappa shape index (κ1) is 22.1. The van der Waals surface area contributed by atoms with Crippen LogP contribution in [0.25, 0.3) is 0 Å². The molecule has 0 radical (unpaired) electrons. The number of phenolic OH excluding ortho intramolecular Hbond substituents is 1. The lowest BCUT2D eigenvalue weighted by Gasteiger charge is -2.18. The molecular formula is C14H21N5O8. The Morgan fingerprint density at radius 2 is 1.52 bits per heavy atom. The third kappa shape index (κ3) is 6.73. The molecule has 0 aliphatic carbocycles. The topological polar surface area (TPSA) is 176 Å². The van der Waals surface area contributed by atoms with Crippen LogP contribution >= 0.6 is 0 Å². The average Bonchev–Trinajstić information content (AvgIpc) is 2.79. The molecule has 0 aromatic heterocycles. The predicted molar refractivity (Wildman–Crippen MR) is 93.7 cm³/mol. The van der Waals surface area contributed by atoms with Gasteiger partial charge in [-0.2, -0.15) is 0 Å². The Hall–Kier alpha value is -2.90. The zero-order valence-electron chi connectivity index (χ0n) is 14.7. The molecular weight excluding hydrogens is 366 g/mol. The third-order valence-electron chi connectivity index (χ3n) is 3.89. The van der Waals surface area contributed by atoms with Gasteiger partial charge in [-0.1, -0.05) is 0 Å². The van der Waals surface area contributed by atoms with E-state index < -0.39 is 37.6 Å². The number of nitro benzene ring substituents is 3. The molecule has 1 aliphatic rings. The van der Waals surface area contributed by atoms with Crippen molar-refractivity contribution in [1.82, 2.24) is 9.80 Å². The Morgan fingerprint density at radius 1 is 0.963 bits per heavy atom. The summed E-state index contributed by atoms with van der Waals surface area (Å²) in [6.45, 7) is 5.72. The van der Waals surface area contributed by atoms with Crippen LogP contribution in [0.2, 0.25) is 0 Å². The summed E-state index contributed by atoms with van der Waals surface area (Å²) >= 11 is 0. The Bertz CT molecular complexity index is 663. The third-order valence-corrected chi connectivity index (χ3v) is 3.89. The van der Waals surface area contributed by atoms with Crippen LogP contribution in [0.3, 0.4) is 0 Å². The van der Waals surface area contributed by atoms with Crippen LogP contribution < -0.4 is 0 Å². The van der Waals surface area contributed by atoms with Gasteiger partial charge in [-0.3, -0.25) is 35.2 Å². The van der Waals surface area contributed by atoms with Crippen molar-refractivity contribution < 1.29 is 25.0 Å². The molecule has 1 heterocycles. The number of aliphatic hydroxyl groups is 1. The highest BCUT2D eigenvalue weighted by Gasteiger charge is 2.30. The van der Waals surface area contributed by atoms with Gasteiger partial charge in [0.15, 0.2) is 0 Å². The number of aromatic hydroxyl groups is 1. The van der Waals surface area contributed by atoms with E-state index in [9.17, 15) is 30.3 Å². The summed E-state index contributed by atoms with van der Waals surface area (Å²) in [6, 6.07) is 0.894. The van der Waals surface area contributed by atoms with E-state index in [0.29, 0.717) is 18.7 Å². The molecule has 27 heavy (non-hydrogen) atoms. The maximum atomic E-state index is 10.4. The zero-order chi connectivity index (χ0) is 20.6. The van der Waals surface area contributed by atoms with Crippen molar-refractivity contribution in [2.75, 3.05) is 46.4 Å². The van der Waals surface area contributed by atoms with Crippen molar-refractivity contribution in [3.63, 3.8) is 0 Å². The number of hydrogen-bond acceptors (Lipinski definition) is 10. The summed E-state index contributed by atoms with van der Waals surface area (Å²) in [5, 5.41) is 48.9. The first-order chi connectivity index (χ1) is 12.7. The standard InChI is InChI=1S/C8H18N2O.C6H3N3O7/c1-9-3-2-4-10(6-5-9)7-8-11;10-6-4(8(13)14)1-3(7(11)12)2-5(6)9(15)16/h11H,2-8H2,1H3;1-2,10H. The molecule has 2 rings (SSSR count). The van der Waals surface area contributed by atoms with Crippen LogP contribution in [-0.4, -0.2) is 81.2 Å². The number of non-ortho nitro benzene ring substituents is 1. The van der Waals surface area contributed by atoms with E-state index in [0.717, 1.165) is 26.2 Å². The number of likely N-dealkylation sites (N-methyl/N-ethyl adjacent to an activating group) is 1. The van der Waals surface area contributed by atoms with E-state index in [1.165, 1.54) is 13.0 Å². The number of β-amino-alcohol motifs (C(OH)–C–C–N with tert-alkyl or cyclic N) is 1. The lowest BCUT2D eigenvalue weighted by Crippen LogP contribution is -2.31. The van der Waals surface area contributed by atoms with Crippen molar-refractivity contribution >= 4 is 17.1 Å². The van der Waals surface area contributed by atoms with Crippen LogP contribution in [-0.2, 0) is 0 Å². The maximum absolute atomic E-state index is 10.4. The summed E-state index contributed by atoms with van der Waals surface area (Å²) in [5.74, 6) is -1.21. The first-order valence-corrected chi connectivity index (χ1v) is 7.99. The number of benzene rings is 1. The summed E-state index contributed by atoms with van der Waals surface area (Å²) < 4.78 is 0. The molecule has 1 aliphatic heterocycles. The Kier molecular flexibility index (Phi) is 8.44. The van der Waals surface area contributed by atoms with Crippen LogP contribution in [0, 0.1) is 30.3 Å². The number of hydrogen-bond donors (Lipinski definition) is 2. The molecule has 1 aromatic carbocycles. The molecule has 13 heteroatoms. The van der Waals surface area contributed by atoms with Crippen molar-refractivity contribution in [3.8, 4) is 5.75 Å². The Morgan fingerprint density at radius 3 is 1.96 bits per heavy atom. The Labute approximate surface area is 153 Å². The molecule has 0 spiro atoms. The molecule has 150 valence electrons. The van der Waals surface area contributed by atoms with Crippen molar-refractivity contribution in [1.29, 1.82) is 0 Å². The summed E-state index contributed by atoms with van der Waals surface area (Å²) in [6.07, 6.45) is 1.23. The van der Waals surface area contributed by atoms with E-state index in [1.807, 2.05) is 0 Å². The quantitative estimate of drug-likeness (QED) is 0.541. The van der Waals surface area contributed by atoms with Gasteiger partial charge in [-0.15, -0.1) is 0 Å². The van der Waals surface area contributed by atoms with E-state index in [-0.39, 0.29) is 0 Å². The molecule has 0 amide bonds. The van der Waals surface area contributed by atoms with Gasteiger partial charge in [-0.05, 0) is 26.6 Å². The van der Waals surface area contributed by atoms with Crippen LogP contribution in [0.5, 0.6) is 5.75 Å². The number of rotatable bonds is 5. The minimum absolute atomic E-state index is 0.295. The monoisotopic (exact) mass is 387 g/mol. The van der Waals surface area contributed by atoms with Crippen LogP contribution in [0.15, 0.2) is 12.1 Å². The van der Waals surface area contributed by atoms with Crippen molar-refractivity contribution in [2.45, 2.75) is 6.42 Å². The lowest BCUT2D eigenvalue weighted by atomic mass is 10.2. The van der Waals surface area contributed by atoms with Crippen molar-refractivity contribution in [2.24, 2.45) is 0 Å². The average molecular weight is 387 g/mol. The Balaban J connectivity index is 0.000000289. The maximum Gasteiger partial charge on any atom is 0.324 e. The van der Waals surface area contributed by atoms with Gasteiger partial charge in [0.1, 0.15) is 0 Å². The number of phenols is 1. The van der Waals surface area contributed by atoms with E-state index >= 15 is 0 Å². The molecule has 2 N–H and O–H groups in total. The van der Waals surface area contributed by atoms with Gasteiger partial charge in [0, 0.05) is 19.6 Å². The number of nitro groups is 3. The fourth-order valence-electron chi connectivity index (χ4n) is 2.44. The second-order valence-corrected chi connectivity index (χ2v) is 5.83. The summed E-state index contributed by atoms with van der Waals surface area (Å²) in [7, 11) is 2.16. The van der Waals surface area contributed by atoms with Gasteiger partial charge < -0.3 is 15.1 Å². The number of aliphatic hydroxyl groups excluding tert-OH is 1. The highest BCUT2D eigenvalue weighted by atomic mass is 16.6. The predicted octanol–water partition coefficient (Wildman–Crippen LogP) is 0.733. The van der Waals surface area contributed by atoms with Crippen LogP contribution in [0.1, 0.15) is 6.42 Å². The first-order valence-electron chi connectivity index (χ1n) is 7.99. The van der Waals surface area contributed by atoms with Gasteiger partial charge in [0.05, 0.1) is 33.5 Å². The second-order valence-electron chi connectivity index (χ2n) is 5.83. The minimum Gasteiger partial charge on any atom is -0.497 e. The smallest absolute Gasteiger partial charge is 0.324 e. The normalized spacial score (nSPS) is 15.3. The van der Waals surface area contributed by atoms with E-state index in [4.69, 9.17) is 10.2 Å². The highest BCUT2D eigenvalue weighted by Crippen LogP contribution is 2.38. The molecule has 0 saturated carbocycles. The minimum atomic E-state index is -1.21. The summed E-state index contributed by atoms with van der Waals surface area (Å²) in [4.78, 5) is 32.4. The molecule has 0 unspecified atom stereocenters. The molecule has 1 saturated heterocycles. The summed E-state index contributed by atoms with van der Waals surface area (Å²) in [5.41, 5.74) is -3.00. The SMILES string of the molecule is CN1CCCN(CCO)CC1.O=[N+]([O-])c1cc([N+](=O)[O-])c(O)c([N+](=O)[O-])c1. The van der Waals surface area contributed by atoms with Gasteiger partial charge in [0.25, 0.3) is 11.4 Å². The van der Waals surface area contributed by atoms with E-state index in [1.54, 1.807) is 0 Å². The molecule has 13 nitrogen and oxygen atoms in total. The highest BCUT2D eigenvalue weighted by molar-refractivity contribution is 5.64. The van der Waals surface area contributed by atoms with Crippen molar-refractivity contribution in [3.05, 3.63) is 42.5 Å². The molecule has 0 bridgehead atoms. The fourth-order valence-corrected chi connectivity index (χ4v) is 2.44. The van der Waals surface area contributed by atoms with Gasteiger partial charge in [-0.25, -0.2) is 0 Å². The van der Waals surface area contributed by atoms with Crippen LogP contribution in [0.4, 0.5) is 17.1 Å². The zero-order valence-corrected chi connectivity index (χ0v) is 14.7. The molecule has 0 atom stereocenters. The lowest BCUT2D eigenvalue weighted by molar-refractivity contribution is -0.404. The molecule has 1 aromatic rings. The molecule has 1 fully saturated rings. The fraction of sp³-hybridized carbons (Fsp3) is 0.571. The van der Waals surface area contributed by atoms with E-state index in [2.05, 4.69) is 16.8 Å². The largest absolute Gasteiger partial charge is 0.497 e.